The molecular formula is C14H23ClN2. The predicted octanol–water partition coefficient (Wildman–Crippen LogP) is 3.54. The van der Waals surface area contributed by atoms with Crippen molar-refractivity contribution in [3.05, 3.63) is 29.3 Å². The summed E-state index contributed by atoms with van der Waals surface area (Å²) in [7, 11) is 0. The molecule has 2 N–H and O–H groups in total. The van der Waals surface area contributed by atoms with Gasteiger partial charge in [-0.25, -0.2) is 0 Å². The first-order valence-corrected chi connectivity index (χ1v) is 6.88. The topological polar surface area (TPSA) is 29.3 Å². The zero-order chi connectivity index (χ0) is 12.7. The minimum atomic E-state index is 0.709. The van der Waals surface area contributed by atoms with Crippen LogP contribution in [0, 0.1) is 5.92 Å². The normalized spacial score (nSPS) is 16.4. The Hall–Kier alpha value is -0.730. The molecule has 0 aromatic heterocycles. The Morgan fingerprint density at radius 1 is 1.29 bits per heavy atom. The van der Waals surface area contributed by atoms with Crippen molar-refractivity contribution in [2.75, 3.05) is 24.5 Å². The number of piperidine rings is 1. The third-order valence-electron chi connectivity index (χ3n) is 3.12. The van der Waals surface area contributed by atoms with E-state index in [2.05, 4.69) is 11.0 Å². The SMILES string of the molecule is CC.NCC1CCN(c2cccc(Cl)c2)CC1. The fourth-order valence-corrected chi connectivity index (χ4v) is 2.28. The summed E-state index contributed by atoms with van der Waals surface area (Å²) in [6.07, 6.45) is 2.39. The maximum absolute atomic E-state index is 5.97. The molecule has 0 amide bonds. The highest BCUT2D eigenvalue weighted by Crippen LogP contribution is 2.24. The zero-order valence-electron chi connectivity index (χ0n) is 10.8. The summed E-state index contributed by atoms with van der Waals surface area (Å²) >= 11 is 5.97. The molecule has 1 aromatic rings. The van der Waals surface area contributed by atoms with Gasteiger partial charge in [-0.2, -0.15) is 0 Å². The van der Waals surface area contributed by atoms with Crippen LogP contribution in [-0.2, 0) is 0 Å². The maximum atomic E-state index is 5.97. The van der Waals surface area contributed by atoms with Crippen LogP contribution >= 0.6 is 11.6 Å². The van der Waals surface area contributed by atoms with Crippen LogP contribution in [0.5, 0.6) is 0 Å². The summed E-state index contributed by atoms with van der Waals surface area (Å²) in [4.78, 5) is 2.39. The molecule has 1 saturated heterocycles. The van der Waals surface area contributed by atoms with Crippen LogP contribution in [0.1, 0.15) is 26.7 Å². The highest BCUT2D eigenvalue weighted by Gasteiger charge is 2.17. The first-order chi connectivity index (χ1) is 8.29. The van der Waals surface area contributed by atoms with Crippen molar-refractivity contribution in [3.8, 4) is 0 Å². The molecule has 2 nitrogen and oxygen atoms in total. The van der Waals surface area contributed by atoms with Gasteiger partial charge in [0, 0.05) is 23.8 Å². The molecule has 0 aliphatic carbocycles. The van der Waals surface area contributed by atoms with Gasteiger partial charge in [0.1, 0.15) is 0 Å². The molecule has 1 fully saturated rings. The van der Waals surface area contributed by atoms with Gasteiger partial charge in [-0.1, -0.05) is 31.5 Å². The van der Waals surface area contributed by atoms with Gasteiger partial charge in [0.25, 0.3) is 0 Å². The Morgan fingerprint density at radius 2 is 1.94 bits per heavy atom. The standard InChI is InChI=1S/C12H17ClN2.C2H6/c13-11-2-1-3-12(8-11)15-6-4-10(9-14)5-7-15;1-2/h1-3,8,10H,4-7,9,14H2;1-2H3. The molecule has 1 aromatic carbocycles. The van der Waals surface area contributed by atoms with Crippen LogP contribution < -0.4 is 10.6 Å². The molecule has 0 radical (unpaired) electrons. The highest BCUT2D eigenvalue weighted by molar-refractivity contribution is 6.30. The number of nitrogens with two attached hydrogens (primary N) is 1. The van der Waals surface area contributed by atoms with Gasteiger partial charge in [-0.3, -0.25) is 0 Å². The molecule has 0 unspecified atom stereocenters. The number of halogens is 1. The van der Waals surface area contributed by atoms with E-state index in [0.29, 0.717) is 5.92 Å². The molecule has 1 heterocycles. The molecule has 3 heteroatoms. The van der Waals surface area contributed by atoms with E-state index in [1.54, 1.807) is 0 Å². The van der Waals surface area contributed by atoms with Crippen LogP contribution in [0.15, 0.2) is 24.3 Å². The van der Waals surface area contributed by atoms with Crippen LogP contribution in [0.3, 0.4) is 0 Å². The van der Waals surface area contributed by atoms with Gasteiger partial charge < -0.3 is 10.6 Å². The summed E-state index contributed by atoms with van der Waals surface area (Å²) in [6.45, 7) is 7.02. The van der Waals surface area contributed by atoms with Crippen molar-refractivity contribution < 1.29 is 0 Å². The second-order valence-electron chi connectivity index (χ2n) is 4.15. The fraction of sp³-hybridized carbons (Fsp3) is 0.571. The Balaban J connectivity index is 0.000000686. The van der Waals surface area contributed by atoms with E-state index in [0.717, 1.165) is 24.7 Å². The summed E-state index contributed by atoms with van der Waals surface area (Å²) in [5.41, 5.74) is 6.91. The molecule has 0 bridgehead atoms. The molecule has 2 rings (SSSR count). The third kappa shape index (κ3) is 4.21. The fourth-order valence-electron chi connectivity index (χ4n) is 2.10. The summed E-state index contributed by atoms with van der Waals surface area (Å²) in [5, 5.41) is 0.813. The molecule has 1 aliphatic rings. The quantitative estimate of drug-likeness (QED) is 0.875. The highest BCUT2D eigenvalue weighted by atomic mass is 35.5. The van der Waals surface area contributed by atoms with E-state index >= 15 is 0 Å². The second-order valence-corrected chi connectivity index (χ2v) is 4.58. The first-order valence-electron chi connectivity index (χ1n) is 6.50. The molecule has 96 valence electrons. The zero-order valence-corrected chi connectivity index (χ0v) is 11.6. The van der Waals surface area contributed by atoms with Gasteiger partial charge in [-0.15, -0.1) is 0 Å². The molecule has 1 aliphatic heterocycles. The number of rotatable bonds is 2. The molecule has 0 saturated carbocycles. The monoisotopic (exact) mass is 254 g/mol. The smallest absolute Gasteiger partial charge is 0.0426 e. The van der Waals surface area contributed by atoms with E-state index in [1.165, 1.54) is 18.5 Å². The number of hydrogen-bond donors (Lipinski definition) is 1. The number of anilines is 1. The summed E-state index contributed by atoms with van der Waals surface area (Å²) < 4.78 is 0. The molecule has 0 spiro atoms. The van der Waals surface area contributed by atoms with E-state index in [1.807, 2.05) is 32.0 Å². The Kier molecular flexibility index (Phi) is 6.38. The average Bonchev–Trinajstić information content (AvgIpc) is 2.41. The van der Waals surface area contributed by atoms with Crippen molar-refractivity contribution in [2.24, 2.45) is 11.7 Å². The van der Waals surface area contributed by atoms with Crippen molar-refractivity contribution in [1.82, 2.24) is 0 Å². The number of hydrogen-bond acceptors (Lipinski definition) is 2. The molecule has 0 atom stereocenters. The number of benzene rings is 1. The Morgan fingerprint density at radius 3 is 2.47 bits per heavy atom. The average molecular weight is 255 g/mol. The minimum absolute atomic E-state index is 0.709. The molecule has 17 heavy (non-hydrogen) atoms. The van der Waals surface area contributed by atoms with Gasteiger partial charge in [0.05, 0.1) is 0 Å². The van der Waals surface area contributed by atoms with Crippen LogP contribution in [-0.4, -0.2) is 19.6 Å². The number of nitrogens with zero attached hydrogens (tertiary/aromatic N) is 1. The van der Waals surface area contributed by atoms with Gasteiger partial charge in [0.2, 0.25) is 0 Å². The lowest BCUT2D eigenvalue weighted by Gasteiger charge is -2.33. The van der Waals surface area contributed by atoms with E-state index < -0.39 is 0 Å². The lowest BCUT2D eigenvalue weighted by Crippen LogP contribution is -2.35. The summed E-state index contributed by atoms with van der Waals surface area (Å²) in [6, 6.07) is 8.07. The van der Waals surface area contributed by atoms with Crippen LogP contribution in [0.25, 0.3) is 0 Å². The lowest BCUT2D eigenvalue weighted by molar-refractivity contribution is 0.414. The van der Waals surface area contributed by atoms with Crippen LogP contribution in [0.2, 0.25) is 5.02 Å². The Bertz CT molecular complexity index is 320. The van der Waals surface area contributed by atoms with Crippen LogP contribution in [0.4, 0.5) is 5.69 Å². The van der Waals surface area contributed by atoms with Crippen molar-refractivity contribution in [2.45, 2.75) is 26.7 Å². The lowest BCUT2D eigenvalue weighted by atomic mass is 9.97. The Labute approximate surface area is 110 Å². The molecular weight excluding hydrogens is 232 g/mol. The largest absolute Gasteiger partial charge is 0.371 e. The third-order valence-corrected chi connectivity index (χ3v) is 3.36. The van der Waals surface area contributed by atoms with Crippen molar-refractivity contribution in [3.63, 3.8) is 0 Å². The summed E-state index contributed by atoms with van der Waals surface area (Å²) in [5.74, 6) is 0.709. The first kappa shape index (κ1) is 14.3. The van der Waals surface area contributed by atoms with E-state index in [9.17, 15) is 0 Å². The van der Waals surface area contributed by atoms with Crippen molar-refractivity contribution >= 4 is 17.3 Å². The van der Waals surface area contributed by atoms with Gasteiger partial charge >= 0.3 is 0 Å². The predicted molar refractivity (Wildman–Crippen MR) is 76.8 cm³/mol. The van der Waals surface area contributed by atoms with Gasteiger partial charge in [0.15, 0.2) is 0 Å². The minimum Gasteiger partial charge on any atom is -0.371 e. The van der Waals surface area contributed by atoms with Crippen molar-refractivity contribution in [1.29, 1.82) is 0 Å². The van der Waals surface area contributed by atoms with E-state index in [4.69, 9.17) is 17.3 Å². The van der Waals surface area contributed by atoms with Gasteiger partial charge in [-0.05, 0) is 43.5 Å². The maximum Gasteiger partial charge on any atom is 0.0426 e. The second kappa shape index (κ2) is 7.57. The van der Waals surface area contributed by atoms with E-state index in [-0.39, 0.29) is 0 Å².